The van der Waals surface area contributed by atoms with Crippen molar-refractivity contribution in [3.63, 3.8) is 0 Å². The third-order valence-corrected chi connectivity index (χ3v) is 1.98. The van der Waals surface area contributed by atoms with Gasteiger partial charge in [0.1, 0.15) is 5.15 Å². The topological polar surface area (TPSA) is 59.1 Å². The molecular formula is C8H11ClN2O. The molecule has 1 aromatic rings. The second kappa shape index (κ2) is 3.85. The fourth-order valence-corrected chi connectivity index (χ4v) is 1.15. The molecule has 0 aliphatic heterocycles. The average molecular weight is 187 g/mol. The highest BCUT2D eigenvalue weighted by Gasteiger charge is 2.14. The van der Waals surface area contributed by atoms with E-state index < -0.39 is 12.1 Å². The van der Waals surface area contributed by atoms with E-state index in [4.69, 9.17) is 17.3 Å². The fraction of sp³-hybridized carbons (Fsp3) is 0.375. The van der Waals surface area contributed by atoms with Gasteiger partial charge in [0.05, 0.1) is 12.1 Å². The Hall–Kier alpha value is -0.640. The number of nitrogens with zero attached hydrogens (tertiary/aromatic N) is 1. The quantitative estimate of drug-likeness (QED) is 0.681. The van der Waals surface area contributed by atoms with Gasteiger partial charge >= 0.3 is 0 Å². The standard InChI is InChI=1S/C8H11ClN2O/c1-5(12)7(10)6-3-2-4-11-8(6)9/h2-5,7,12H,10H2,1H3/t5-,7+/m0/s1. The molecule has 0 fully saturated rings. The summed E-state index contributed by atoms with van der Waals surface area (Å²) in [6.07, 6.45) is 0.965. The molecule has 4 heteroatoms. The SMILES string of the molecule is C[C@H](O)[C@@H](N)c1cccnc1Cl. The summed E-state index contributed by atoms with van der Waals surface area (Å²) in [4.78, 5) is 3.86. The zero-order chi connectivity index (χ0) is 9.14. The minimum Gasteiger partial charge on any atom is -0.391 e. The Labute approximate surface area is 76.2 Å². The van der Waals surface area contributed by atoms with E-state index in [1.165, 1.54) is 0 Å². The van der Waals surface area contributed by atoms with E-state index in [1.807, 2.05) is 0 Å². The van der Waals surface area contributed by atoms with Gasteiger partial charge in [-0.25, -0.2) is 4.98 Å². The van der Waals surface area contributed by atoms with Crippen molar-refractivity contribution in [2.24, 2.45) is 5.73 Å². The van der Waals surface area contributed by atoms with Gasteiger partial charge in [0.25, 0.3) is 0 Å². The molecule has 0 amide bonds. The maximum atomic E-state index is 9.19. The molecule has 0 saturated heterocycles. The third kappa shape index (κ3) is 1.94. The fourth-order valence-electron chi connectivity index (χ4n) is 0.907. The average Bonchev–Trinajstić information content (AvgIpc) is 2.04. The normalized spacial score (nSPS) is 15.7. The van der Waals surface area contributed by atoms with Crippen molar-refractivity contribution >= 4 is 11.6 Å². The molecule has 0 radical (unpaired) electrons. The van der Waals surface area contributed by atoms with Gasteiger partial charge in [-0.3, -0.25) is 0 Å². The van der Waals surface area contributed by atoms with Crippen LogP contribution in [0.15, 0.2) is 18.3 Å². The summed E-state index contributed by atoms with van der Waals surface area (Å²) in [5.74, 6) is 0. The van der Waals surface area contributed by atoms with Crippen molar-refractivity contribution in [3.05, 3.63) is 29.0 Å². The van der Waals surface area contributed by atoms with Gasteiger partial charge < -0.3 is 10.8 Å². The van der Waals surface area contributed by atoms with Gasteiger partial charge in [-0.2, -0.15) is 0 Å². The lowest BCUT2D eigenvalue weighted by Gasteiger charge is -2.15. The third-order valence-electron chi connectivity index (χ3n) is 1.67. The maximum absolute atomic E-state index is 9.19. The molecule has 12 heavy (non-hydrogen) atoms. The van der Waals surface area contributed by atoms with Gasteiger partial charge in [-0.15, -0.1) is 0 Å². The van der Waals surface area contributed by atoms with Crippen LogP contribution in [0.3, 0.4) is 0 Å². The Balaban J connectivity index is 2.94. The molecule has 0 spiro atoms. The number of aliphatic hydroxyl groups is 1. The highest BCUT2D eigenvalue weighted by molar-refractivity contribution is 6.30. The molecule has 3 N–H and O–H groups in total. The predicted molar refractivity (Wildman–Crippen MR) is 47.9 cm³/mol. The molecular weight excluding hydrogens is 176 g/mol. The summed E-state index contributed by atoms with van der Waals surface area (Å²) in [6.45, 7) is 1.62. The summed E-state index contributed by atoms with van der Waals surface area (Å²) in [5, 5.41) is 9.54. The van der Waals surface area contributed by atoms with E-state index in [0.29, 0.717) is 10.7 Å². The van der Waals surface area contributed by atoms with Crippen LogP contribution < -0.4 is 5.73 Å². The zero-order valence-corrected chi connectivity index (χ0v) is 7.49. The van der Waals surface area contributed by atoms with Crippen LogP contribution in [0.1, 0.15) is 18.5 Å². The highest BCUT2D eigenvalue weighted by atomic mass is 35.5. The number of hydrogen-bond acceptors (Lipinski definition) is 3. The smallest absolute Gasteiger partial charge is 0.133 e. The number of hydrogen-bond donors (Lipinski definition) is 2. The van der Waals surface area contributed by atoms with Crippen LogP contribution in [-0.2, 0) is 0 Å². The van der Waals surface area contributed by atoms with Gasteiger partial charge in [0.15, 0.2) is 0 Å². The first-order chi connectivity index (χ1) is 5.63. The molecule has 1 heterocycles. The number of aromatic nitrogens is 1. The van der Waals surface area contributed by atoms with Crippen molar-refractivity contribution in [1.82, 2.24) is 4.98 Å². The lowest BCUT2D eigenvalue weighted by Crippen LogP contribution is -2.23. The molecule has 0 saturated carbocycles. The zero-order valence-electron chi connectivity index (χ0n) is 6.74. The summed E-state index contributed by atoms with van der Waals surface area (Å²) < 4.78 is 0. The Morgan fingerprint density at radius 3 is 2.83 bits per heavy atom. The van der Waals surface area contributed by atoms with E-state index in [2.05, 4.69) is 4.98 Å². The molecule has 3 nitrogen and oxygen atoms in total. The molecule has 2 atom stereocenters. The van der Waals surface area contributed by atoms with Crippen LogP contribution in [0.5, 0.6) is 0 Å². The van der Waals surface area contributed by atoms with Crippen molar-refractivity contribution < 1.29 is 5.11 Å². The summed E-state index contributed by atoms with van der Waals surface area (Å²) in [7, 11) is 0. The highest BCUT2D eigenvalue weighted by Crippen LogP contribution is 2.20. The molecule has 0 aliphatic rings. The molecule has 0 bridgehead atoms. The van der Waals surface area contributed by atoms with Crippen molar-refractivity contribution in [2.45, 2.75) is 19.1 Å². The minimum atomic E-state index is -0.619. The second-order valence-corrected chi connectivity index (χ2v) is 3.01. The largest absolute Gasteiger partial charge is 0.391 e. The summed E-state index contributed by atoms with van der Waals surface area (Å²) in [5.41, 5.74) is 6.34. The van der Waals surface area contributed by atoms with Crippen LogP contribution in [0.4, 0.5) is 0 Å². The van der Waals surface area contributed by atoms with Crippen molar-refractivity contribution in [3.8, 4) is 0 Å². The Morgan fingerprint density at radius 2 is 2.33 bits per heavy atom. The molecule has 66 valence electrons. The number of halogens is 1. The van der Waals surface area contributed by atoms with Gasteiger partial charge in [0, 0.05) is 11.8 Å². The molecule has 0 unspecified atom stereocenters. The molecule has 0 aromatic carbocycles. The van der Waals surface area contributed by atoms with Crippen LogP contribution >= 0.6 is 11.6 Å². The van der Waals surface area contributed by atoms with E-state index in [9.17, 15) is 5.11 Å². The van der Waals surface area contributed by atoms with Crippen LogP contribution in [0.2, 0.25) is 5.15 Å². The van der Waals surface area contributed by atoms with Gasteiger partial charge in [-0.1, -0.05) is 17.7 Å². The number of rotatable bonds is 2. The first kappa shape index (κ1) is 9.45. The van der Waals surface area contributed by atoms with E-state index in [0.717, 1.165) is 0 Å². The molecule has 1 rings (SSSR count). The van der Waals surface area contributed by atoms with Crippen LogP contribution in [0.25, 0.3) is 0 Å². The molecule has 0 aliphatic carbocycles. The Morgan fingerprint density at radius 1 is 1.67 bits per heavy atom. The first-order valence-corrected chi connectivity index (χ1v) is 4.04. The Kier molecular flexibility index (Phi) is 3.03. The van der Waals surface area contributed by atoms with E-state index in [1.54, 1.807) is 25.3 Å². The van der Waals surface area contributed by atoms with Crippen molar-refractivity contribution in [2.75, 3.05) is 0 Å². The van der Waals surface area contributed by atoms with Gasteiger partial charge in [-0.05, 0) is 13.0 Å². The van der Waals surface area contributed by atoms with Crippen LogP contribution in [-0.4, -0.2) is 16.2 Å². The summed E-state index contributed by atoms with van der Waals surface area (Å²) >= 11 is 5.76. The van der Waals surface area contributed by atoms with E-state index in [-0.39, 0.29) is 0 Å². The van der Waals surface area contributed by atoms with Gasteiger partial charge in [0.2, 0.25) is 0 Å². The predicted octanol–water partition coefficient (Wildman–Crippen LogP) is 1.12. The lowest BCUT2D eigenvalue weighted by molar-refractivity contribution is 0.164. The first-order valence-electron chi connectivity index (χ1n) is 3.67. The number of nitrogens with two attached hydrogens (primary N) is 1. The number of pyridine rings is 1. The lowest BCUT2D eigenvalue weighted by atomic mass is 10.1. The second-order valence-electron chi connectivity index (χ2n) is 2.65. The number of aliphatic hydroxyl groups excluding tert-OH is 1. The minimum absolute atomic E-state index is 0.353. The van der Waals surface area contributed by atoms with Crippen LogP contribution in [0, 0.1) is 0 Å². The van der Waals surface area contributed by atoms with Crippen molar-refractivity contribution in [1.29, 1.82) is 0 Å². The maximum Gasteiger partial charge on any atom is 0.133 e. The molecule has 1 aromatic heterocycles. The Bertz CT molecular complexity index is 265. The summed E-state index contributed by atoms with van der Waals surface area (Å²) in [6, 6.07) is 3.03. The van der Waals surface area contributed by atoms with E-state index >= 15 is 0 Å². The monoisotopic (exact) mass is 186 g/mol.